The Morgan fingerprint density at radius 1 is 1.38 bits per heavy atom. The van der Waals surface area contributed by atoms with Crippen LogP contribution in [0.1, 0.15) is 36.6 Å². The Bertz CT molecular complexity index is 421. The van der Waals surface area contributed by atoms with Crippen LogP contribution in [0.3, 0.4) is 0 Å². The Labute approximate surface area is 97.4 Å². The summed E-state index contributed by atoms with van der Waals surface area (Å²) in [6.07, 6.45) is 0. The van der Waals surface area contributed by atoms with Gasteiger partial charge in [0.25, 0.3) is 0 Å². The van der Waals surface area contributed by atoms with E-state index in [1.54, 1.807) is 6.92 Å². The van der Waals surface area contributed by atoms with Gasteiger partial charge in [-0.3, -0.25) is 4.79 Å². The molecule has 2 nitrogen and oxygen atoms in total. The molecule has 1 unspecified atom stereocenters. The highest BCUT2D eigenvalue weighted by atomic mass is 16.1. The van der Waals surface area contributed by atoms with E-state index in [2.05, 4.69) is 43.9 Å². The van der Waals surface area contributed by atoms with E-state index in [0.29, 0.717) is 5.57 Å². The number of rotatable bonds is 3. The van der Waals surface area contributed by atoms with Crippen LogP contribution in [-0.4, -0.2) is 5.91 Å². The van der Waals surface area contributed by atoms with E-state index >= 15 is 0 Å². The second-order valence-electron chi connectivity index (χ2n) is 4.34. The second-order valence-corrected chi connectivity index (χ2v) is 4.34. The van der Waals surface area contributed by atoms with Crippen molar-refractivity contribution in [2.45, 2.75) is 33.7 Å². The second kappa shape index (κ2) is 4.97. The molecule has 1 atom stereocenters. The summed E-state index contributed by atoms with van der Waals surface area (Å²) in [5, 5.41) is 2.92. The monoisotopic (exact) mass is 217 g/mol. The smallest absolute Gasteiger partial charge is 0.246 e. The summed E-state index contributed by atoms with van der Waals surface area (Å²) in [6.45, 7) is 11.4. The molecule has 1 N–H and O–H groups in total. The SMILES string of the molecule is C=C(C)C(=O)NC(C)c1ccc(C)cc1C. The lowest BCUT2D eigenvalue weighted by Gasteiger charge is -2.17. The first kappa shape index (κ1) is 12.5. The number of carbonyl (C=O) groups is 1. The molecule has 0 aromatic heterocycles. The molecule has 0 aliphatic rings. The molecule has 1 aromatic rings. The van der Waals surface area contributed by atoms with Crippen molar-refractivity contribution >= 4 is 5.91 Å². The highest BCUT2D eigenvalue weighted by molar-refractivity contribution is 5.92. The van der Waals surface area contributed by atoms with Crippen molar-refractivity contribution in [2.75, 3.05) is 0 Å². The first-order valence-electron chi connectivity index (χ1n) is 5.45. The molecule has 0 radical (unpaired) electrons. The van der Waals surface area contributed by atoms with Gasteiger partial charge in [0.1, 0.15) is 0 Å². The fourth-order valence-electron chi connectivity index (χ4n) is 1.71. The lowest BCUT2D eigenvalue weighted by atomic mass is 10.00. The van der Waals surface area contributed by atoms with Gasteiger partial charge in [-0.25, -0.2) is 0 Å². The minimum Gasteiger partial charge on any atom is -0.346 e. The highest BCUT2D eigenvalue weighted by Crippen LogP contribution is 2.18. The molecule has 0 saturated carbocycles. The van der Waals surface area contributed by atoms with Crippen LogP contribution in [0.2, 0.25) is 0 Å². The predicted octanol–water partition coefficient (Wildman–Crippen LogP) is 3.06. The third-order valence-electron chi connectivity index (χ3n) is 2.63. The van der Waals surface area contributed by atoms with Crippen LogP contribution in [0.5, 0.6) is 0 Å². The van der Waals surface area contributed by atoms with E-state index in [1.165, 1.54) is 11.1 Å². The van der Waals surface area contributed by atoms with Gasteiger partial charge in [0.2, 0.25) is 5.91 Å². The maximum absolute atomic E-state index is 11.5. The van der Waals surface area contributed by atoms with Gasteiger partial charge < -0.3 is 5.32 Å². The number of aryl methyl sites for hydroxylation is 2. The molecule has 0 aliphatic heterocycles. The third kappa shape index (κ3) is 2.96. The first-order valence-corrected chi connectivity index (χ1v) is 5.45. The Morgan fingerprint density at radius 2 is 2.00 bits per heavy atom. The van der Waals surface area contributed by atoms with Crippen LogP contribution >= 0.6 is 0 Å². The minimum absolute atomic E-state index is 0.0183. The van der Waals surface area contributed by atoms with Crippen LogP contribution in [-0.2, 0) is 4.79 Å². The normalized spacial score (nSPS) is 12.0. The molecule has 1 amide bonds. The van der Waals surface area contributed by atoms with Crippen molar-refractivity contribution in [1.82, 2.24) is 5.32 Å². The topological polar surface area (TPSA) is 29.1 Å². The average Bonchev–Trinajstić information content (AvgIpc) is 2.16. The van der Waals surface area contributed by atoms with Crippen LogP contribution < -0.4 is 5.32 Å². The lowest BCUT2D eigenvalue weighted by molar-refractivity contribution is -0.118. The summed E-state index contributed by atoms with van der Waals surface area (Å²) in [5.41, 5.74) is 4.13. The Kier molecular flexibility index (Phi) is 3.88. The minimum atomic E-state index is -0.0903. The summed E-state index contributed by atoms with van der Waals surface area (Å²) >= 11 is 0. The zero-order valence-corrected chi connectivity index (χ0v) is 10.4. The molecule has 0 aliphatic carbocycles. The zero-order valence-electron chi connectivity index (χ0n) is 10.4. The van der Waals surface area contributed by atoms with Gasteiger partial charge in [-0.05, 0) is 38.8 Å². The van der Waals surface area contributed by atoms with Gasteiger partial charge in [-0.2, -0.15) is 0 Å². The van der Waals surface area contributed by atoms with Crippen molar-refractivity contribution < 1.29 is 4.79 Å². The molecule has 0 fully saturated rings. The number of hydrogen-bond donors (Lipinski definition) is 1. The number of hydrogen-bond acceptors (Lipinski definition) is 1. The van der Waals surface area contributed by atoms with Crippen LogP contribution in [0, 0.1) is 13.8 Å². The number of amides is 1. The van der Waals surface area contributed by atoms with Crippen molar-refractivity contribution in [3.8, 4) is 0 Å². The molecule has 0 bridgehead atoms. The quantitative estimate of drug-likeness (QED) is 0.775. The van der Waals surface area contributed by atoms with E-state index in [-0.39, 0.29) is 11.9 Å². The molecule has 0 heterocycles. The molecule has 1 aromatic carbocycles. The fourth-order valence-corrected chi connectivity index (χ4v) is 1.71. The van der Waals surface area contributed by atoms with Gasteiger partial charge in [-0.15, -0.1) is 0 Å². The summed E-state index contributed by atoms with van der Waals surface area (Å²) in [6, 6.07) is 6.27. The summed E-state index contributed by atoms with van der Waals surface area (Å²) in [5.74, 6) is -0.0903. The van der Waals surface area contributed by atoms with E-state index in [4.69, 9.17) is 0 Å². The summed E-state index contributed by atoms with van der Waals surface area (Å²) in [4.78, 5) is 11.5. The van der Waals surface area contributed by atoms with E-state index in [1.807, 2.05) is 6.92 Å². The zero-order chi connectivity index (χ0) is 12.3. The van der Waals surface area contributed by atoms with Crippen LogP contribution in [0.15, 0.2) is 30.4 Å². The molecule has 86 valence electrons. The highest BCUT2D eigenvalue weighted by Gasteiger charge is 2.11. The Balaban J connectivity index is 2.84. The molecule has 0 saturated heterocycles. The third-order valence-corrected chi connectivity index (χ3v) is 2.63. The standard InChI is InChI=1S/C14H19NO/c1-9(2)14(16)15-12(5)13-7-6-10(3)8-11(13)4/h6-8,12H,1H2,2-5H3,(H,15,16). The average molecular weight is 217 g/mol. The lowest BCUT2D eigenvalue weighted by Crippen LogP contribution is -2.27. The summed E-state index contributed by atoms with van der Waals surface area (Å²) in [7, 11) is 0. The van der Waals surface area contributed by atoms with Crippen molar-refractivity contribution in [1.29, 1.82) is 0 Å². The Hall–Kier alpha value is -1.57. The van der Waals surface area contributed by atoms with Gasteiger partial charge in [0, 0.05) is 5.57 Å². The van der Waals surface area contributed by atoms with Crippen molar-refractivity contribution in [3.05, 3.63) is 47.0 Å². The number of carbonyl (C=O) groups excluding carboxylic acids is 1. The fraction of sp³-hybridized carbons (Fsp3) is 0.357. The Morgan fingerprint density at radius 3 is 2.50 bits per heavy atom. The van der Waals surface area contributed by atoms with Gasteiger partial charge in [0.15, 0.2) is 0 Å². The van der Waals surface area contributed by atoms with Gasteiger partial charge >= 0.3 is 0 Å². The van der Waals surface area contributed by atoms with Crippen molar-refractivity contribution in [3.63, 3.8) is 0 Å². The molecule has 0 spiro atoms. The van der Waals surface area contributed by atoms with E-state index in [0.717, 1.165) is 5.56 Å². The molecule has 1 rings (SSSR count). The maximum atomic E-state index is 11.5. The van der Waals surface area contributed by atoms with E-state index in [9.17, 15) is 4.79 Å². The predicted molar refractivity (Wildman–Crippen MR) is 67.3 cm³/mol. The van der Waals surface area contributed by atoms with Gasteiger partial charge in [-0.1, -0.05) is 30.3 Å². The van der Waals surface area contributed by atoms with Crippen LogP contribution in [0.4, 0.5) is 0 Å². The van der Waals surface area contributed by atoms with Crippen molar-refractivity contribution in [2.24, 2.45) is 0 Å². The number of nitrogens with one attached hydrogen (secondary N) is 1. The molecular formula is C14H19NO. The first-order chi connectivity index (χ1) is 7.41. The summed E-state index contributed by atoms with van der Waals surface area (Å²) < 4.78 is 0. The van der Waals surface area contributed by atoms with Gasteiger partial charge in [0.05, 0.1) is 6.04 Å². The van der Waals surface area contributed by atoms with Crippen LogP contribution in [0.25, 0.3) is 0 Å². The largest absolute Gasteiger partial charge is 0.346 e. The molecule has 2 heteroatoms. The molecule has 16 heavy (non-hydrogen) atoms. The molecular weight excluding hydrogens is 198 g/mol. The number of benzene rings is 1. The van der Waals surface area contributed by atoms with E-state index < -0.39 is 0 Å². The maximum Gasteiger partial charge on any atom is 0.246 e.